The van der Waals surface area contributed by atoms with Gasteiger partial charge in [0.15, 0.2) is 0 Å². The fourth-order valence-electron chi connectivity index (χ4n) is 2.69. The molecule has 0 fully saturated rings. The van der Waals surface area contributed by atoms with E-state index in [4.69, 9.17) is 4.74 Å². The molecule has 1 aromatic heterocycles. The Kier molecular flexibility index (Phi) is 4.97. The van der Waals surface area contributed by atoms with Crippen molar-refractivity contribution in [3.63, 3.8) is 0 Å². The molecule has 2 heterocycles. The first-order valence-corrected chi connectivity index (χ1v) is 8.20. The molecule has 1 unspecified atom stereocenters. The van der Waals surface area contributed by atoms with E-state index in [-0.39, 0.29) is 12.0 Å². The van der Waals surface area contributed by atoms with Crippen LogP contribution in [0, 0.1) is 0 Å². The largest absolute Gasteiger partial charge is 0.488 e. The standard InChI is InChI=1S/C19H22N4O2/c1-22(2)19-20-11-14(12-21-19)8-9-18(24)23(3)13-16-10-15-6-4-5-7-17(15)25-16/h4-9,11-12,16H,10,13H2,1-3H3. The Morgan fingerprint density at radius 2 is 1.96 bits per heavy atom. The number of fused-ring (bicyclic) bond motifs is 1. The van der Waals surface area contributed by atoms with Crippen LogP contribution >= 0.6 is 0 Å². The Morgan fingerprint density at radius 1 is 1.24 bits per heavy atom. The summed E-state index contributed by atoms with van der Waals surface area (Å²) in [5.41, 5.74) is 1.99. The van der Waals surface area contributed by atoms with Gasteiger partial charge in [-0.15, -0.1) is 0 Å². The molecule has 130 valence electrons. The van der Waals surface area contributed by atoms with E-state index >= 15 is 0 Å². The van der Waals surface area contributed by atoms with Gasteiger partial charge >= 0.3 is 0 Å². The first-order chi connectivity index (χ1) is 12.0. The van der Waals surface area contributed by atoms with Gasteiger partial charge in [-0.05, 0) is 17.7 Å². The van der Waals surface area contributed by atoms with E-state index in [1.165, 1.54) is 11.6 Å². The molecule has 0 saturated heterocycles. The highest BCUT2D eigenvalue weighted by Crippen LogP contribution is 2.28. The summed E-state index contributed by atoms with van der Waals surface area (Å²) in [7, 11) is 5.55. The number of anilines is 1. The molecule has 25 heavy (non-hydrogen) atoms. The van der Waals surface area contributed by atoms with Crippen molar-refractivity contribution in [2.24, 2.45) is 0 Å². The van der Waals surface area contributed by atoms with E-state index in [0.29, 0.717) is 12.5 Å². The maximum Gasteiger partial charge on any atom is 0.246 e. The molecule has 6 nitrogen and oxygen atoms in total. The van der Waals surface area contributed by atoms with Gasteiger partial charge in [-0.3, -0.25) is 4.79 Å². The monoisotopic (exact) mass is 338 g/mol. The number of rotatable bonds is 5. The van der Waals surface area contributed by atoms with Gasteiger partial charge in [0.05, 0.1) is 6.54 Å². The second-order valence-electron chi connectivity index (χ2n) is 6.31. The van der Waals surface area contributed by atoms with Gasteiger partial charge in [0.25, 0.3) is 0 Å². The van der Waals surface area contributed by atoms with Gasteiger partial charge < -0.3 is 14.5 Å². The SMILES string of the molecule is CN(CC1Cc2ccccc2O1)C(=O)C=Cc1cnc(N(C)C)nc1. The van der Waals surface area contributed by atoms with E-state index in [1.54, 1.807) is 30.4 Å². The Labute approximate surface area is 147 Å². The first-order valence-electron chi connectivity index (χ1n) is 8.20. The number of nitrogens with zero attached hydrogens (tertiary/aromatic N) is 4. The predicted octanol–water partition coefficient (Wildman–Crippen LogP) is 2.02. The van der Waals surface area contributed by atoms with Crippen molar-refractivity contribution in [1.29, 1.82) is 0 Å². The molecule has 1 aliphatic heterocycles. The molecule has 0 saturated carbocycles. The summed E-state index contributed by atoms with van der Waals surface area (Å²) in [6, 6.07) is 8.00. The fraction of sp³-hybridized carbons (Fsp3) is 0.316. The molecular weight excluding hydrogens is 316 g/mol. The molecule has 3 rings (SSSR count). The lowest BCUT2D eigenvalue weighted by Crippen LogP contribution is -2.35. The number of carbonyl (C=O) groups excluding carboxylic acids is 1. The normalized spacial score (nSPS) is 15.7. The lowest BCUT2D eigenvalue weighted by molar-refractivity contribution is -0.125. The molecule has 6 heteroatoms. The van der Waals surface area contributed by atoms with Crippen molar-refractivity contribution < 1.29 is 9.53 Å². The van der Waals surface area contributed by atoms with Crippen LogP contribution in [-0.2, 0) is 11.2 Å². The number of para-hydroxylation sites is 1. The van der Waals surface area contributed by atoms with E-state index in [9.17, 15) is 4.79 Å². The number of aromatic nitrogens is 2. The molecule has 0 N–H and O–H groups in total. The average Bonchev–Trinajstić information content (AvgIpc) is 3.02. The molecule has 0 bridgehead atoms. The zero-order chi connectivity index (χ0) is 17.8. The van der Waals surface area contributed by atoms with Gasteiger partial charge in [0.1, 0.15) is 11.9 Å². The lowest BCUT2D eigenvalue weighted by Gasteiger charge is -2.19. The minimum atomic E-state index is -0.0729. The minimum Gasteiger partial charge on any atom is -0.488 e. The molecule has 0 aliphatic carbocycles. The van der Waals surface area contributed by atoms with Gasteiger partial charge in [0, 0.05) is 51.6 Å². The Bertz CT molecular complexity index is 746. The topological polar surface area (TPSA) is 58.6 Å². The highest BCUT2D eigenvalue weighted by atomic mass is 16.5. The predicted molar refractivity (Wildman–Crippen MR) is 97.6 cm³/mol. The lowest BCUT2D eigenvalue weighted by atomic mass is 10.1. The summed E-state index contributed by atoms with van der Waals surface area (Å²) >= 11 is 0. The van der Waals surface area contributed by atoms with Crippen LogP contribution in [0.5, 0.6) is 5.75 Å². The number of hydrogen-bond acceptors (Lipinski definition) is 5. The van der Waals surface area contributed by atoms with Gasteiger partial charge in [0.2, 0.25) is 11.9 Å². The summed E-state index contributed by atoms with van der Waals surface area (Å²) in [4.78, 5) is 24.2. The van der Waals surface area contributed by atoms with Crippen LogP contribution in [0.2, 0.25) is 0 Å². The second-order valence-corrected chi connectivity index (χ2v) is 6.31. The fourth-order valence-corrected chi connectivity index (χ4v) is 2.69. The first kappa shape index (κ1) is 17.0. The van der Waals surface area contributed by atoms with Crippen molar-refractivity contribution in [1.82, 2.24) is 14.9 Å². The zero-order valence-corrected chi connectivity index (χ0v) is 14.7. The van der Waals surface area contributed by atoms with Crippen LogP contribution in [0.15, 0.2) is 42.7 Å². The average molecular weight is 338 g/mol. The summed E-state index contributed by atoms with van der Waals surface area (Å²) < 4.78 is 5.88. The van der Waals surface area contributed by atoms with Crippen LogP contribution < -0.4 is 9.64 Å². The summed E-state index contributed by atoms with van der Waals surface area (Å²) in [6.07, 6.45) is 7.49. The van der Waals surface area contributed by atoms with Gasteiger partial charge in [-0.1, -0.05) is 18.2 Å². The highest BCUT2D eigenvalue weighted by Gasteiger charge is 2.24. The van der Waals surface area contributed by atoms with E-state index in [2.05, 4.69) is 16.0 Å². The maximum atomic E-state index is 12.3. The molecule has 1 aromatic carbocycles. The van der Waals surface area contributed by atoms with Gasteiger partial charge in [-0.25, -0.2) is 9.97 Å². The van der Waals surface area contributed by atoms with Crippen LogP contribution in [0.3, 0.4) is 0 Å². The quantitative estimate of drug-likeness (QED) is 0.781. The van der Waals surface area contributed by atoms with Crippen molar-refractivity contribution >= 4 is 17.9 Å². The Balaban J connectivity index is 1.54. The van der Waals surface area contributed by atoms with Crippen molar-refractivity contribution in [2.45, 2.75) is 12.5 Å². The third-order valence-corrected chi connectivity index (χ3v) is 4.04. The third kappa shape index (κ3) is 4.15. The maximum absolute atomic E-state index is 12.3. The highest BCUT2D eigenvalue weighted by molar-refractivity contribution is 5.91. The zero-order valence-electron chi connectivity index (χ0n) is 14.7. The molecular formula is C19H22N4O2. The number of carbonyl (C=O) groups is 1. The molecule has 1 aliphatic rings. The molecule has 2 aromatic rings. The molecule has 1 amide bonds. The van der Waals surface area contributed by atoms with E-state index in [1.807, 2.05) is 37.2 Å². The van der Waals surface area contributed by atoms with E-state index < -0.39 is 0 Å². The third-order valence-electron chi connectivity index (χ3n) is 4.04. The van der Waals surface area contributed by atoms with Crippen LogP contribution in [-0.4, -0.2) is 54.6 Å². The number of ether oxygens (including phenoxy) is 1. The van der Waals surface area contributed by atoms with Crippen LogP contribution in [0.1, 0.15) is 11.1 Å². The molecule has 1 atom stereocenters. The Morgan fingerprint density at radius 3 is 2.64 bits per heavy atom. The molecule has 0 spiro atoms. The Hall–Kier alpha value is -2.89. The van der Waals surface area contributed by atoms with Crippen molar-refractivity contribution in [3.8, 4) is 5.75 Å². The summed E-state index contributed by atoms with van der Waals surface area (Å²) in [5, 5.41) is 0. The van der Waals surface area contributed by atoms with Crippen molar-refractivity contribution in [2.75, 3.05) is 32.6 Å². The number of hydrogen-bond donors (Lipinski definition) is 0. The van der Waals surface area contributed by atoms with Crippen LogP contribution in [0.4, 0.5) is 5.95 Å². The molecule has 0 radical (unpaired) electrons. The van der Waals surface area contributed by atoms with Crippen LogP contribution in [0.25, 0.3) is 6.08 Å². The summed E-state index contributed by atoms with van der Waals surface area (Å²) in [5.74, 6) is 1.48. The number of benzene rings is 1. The van der Waals surface area contributed by atoms with E-state index in [0.717, 1.165) is 17.7 Å². The smallest absolute Gasteiger partial charge is 0.246 e. The van der Waals surface area contributed by atoms with Crippen molar-refractivity contribution in [3.05, 3.63) is 53.9 Å². The minimum absolute atomic E-state index is 0.00228. The second kappa shape index (κ2) is 7.34. The van der Waals surface area contributed by atoms with Gasteiger partial charge in [-0.2, -0.15) is 0 Å². The number of amides is 1. The summed E-state index contributed by atoms with van der Waals surface area (Å²) in [6.45, 7) is 0.550. The number of likely N-dealkylation sites (N-methyl/N-ethyl adjacent to an activating group) is 1.